The highest BCUT2D eigenvalue weighted by Crippen LogP contribution is 2.26. The van der Waals surface area contributed by atoms with Crippen molar-refractivity contribution in [2.45, 2.75) is 37.8 Å². The lowest BCUT2D eigenvalue weighted by Gasteiger charge is -2.29. The zero-order valence-corrected chi connectivity index (χ0v) is 10.2. The molecule has 0 unspecified atom stereocenters. The Labute approximate surface area is 101 Å². The molecule has 0 atom stereocenters. The van der Waals surface area contributed by atoms with Crippen LogP contribution in [0, 0.1) is 0 Å². The Morgan fingerprint density at radius 2 is 2.12 bits per heavy atom. The van der Waals surface area contributed by atoms with Gasteiger partial charge in [0.2, 0.25) is 0 Å². The predicted molar refractivity (Wildman–Crippen MR) is 65.9 cm³/mol. The second-order valence-electron chi connectivity index (χ2n) is 4.21. The number of rotatable bonds is 3. The molecular weight excluding hydrogens is 224 g/mol. The summed E-state index contributed by atoms with van der Waals surface area (Å²) in [6.45, 7) is 0. The molecule has 0 spiro atoms. The van der Waals surface area contributed by atoms with E-state index in [2.05, 4.69) is 10.3 Å². The smallest absolute Gasteiger partial charge is 0.0718 e. The van der Waals surface area contributed by atoms with Gasteiger partial charge in [0.1, 0.15) is 0 Å². The van der Waals surface area contributed by atoms with Crippen LogP contribution in [0.25, 0.3) is 0 Å². The van der Waals surface area contributed by atoms with E-state index in [4.69, 9.17) is 16.3 Å². The number of hydrogen-bond acceptors (Lipinski definition) is 3. The van der Waals surface area contributed by atoms with Gasteiger partial charge in [-0.1, -0.05) is 11.6 Å². The van der Waals surface area contributed by atoms with Gasteiger partial charge >= 0.3 is 0 Å². The SMILES string of the molecule is COC1CCC(Nc2cnccc2Cl)CC1. The van der Waals surface area contributed by atoms with Gasteiger partial charge in [-0.05, 0) is 31.7 Å². The molecule has 1 N–H and O–H groups in total. The minimum atomic E-state index is 0.433. The third-order valence-electron chi connectivity index (χ3n) is 3.14. The molecule has 1 saturated carbocycles. The van der Waals surface area contributed by atoms with Crippen molar-refractivity contribution in [1.29, 1.82) is 0 Å². The van der Waals surface area contributed by atoms with E-state index in [1.807, 2.05) is 6.07 Å². The molecule has 0 amide bonds. The van der Waals surface area contributed by atoms with E-state index in [1.54, 1.807) is 19.5 Å². The molecule has 1 aromatic rings. The molecule has 0 aromatic carbocycles. The highest BCUT2D eigenvalue weighted by molar-refractivity contribution is 6.33. The number of nitrogens with zero attached hydrogens (tertiary/aromatic N) is 1. The number of pyridine rings is 1. The fourth-order valence-electron chi connectivity index (χ4n) is 2.15. The Morgan fingerprint density at radius 3 is 2.75 bits per heavy atom. The van der Waals surface area contributed by atoms with Crippen LogP contribution in [-0.4, -0.2) is 24.2 Å². The second-order valence-corrected chi connectivity index (χ2v) is 4.62. The first kappa shape index (κ1) is 11.7. The molecule has 3 nitrogen and oxygen atoms in total. The maximum atomic E-state index is 6.07. The molecule has 0 radical (unpaired) electrons. The minimum Gasteiger partial charge on any atom is -0.381 e. The van der Waals surface area contributed by atoms with Gasteiger partial charge in [-0.3, -0.25) is 4.98 Å². The van der Waals surface area contributed by atoms with E-state index in [0.29, 0.717) is 12.1 Å². The standard InChI is InChI=1S/C12H17ClN2O/c1-16-10-4-2-9(3-5-10)15-12-8-14-7-6-11(12)13/h6-10,15H,2-5H2,1H3. The topological polar surface area (TPSA) is 34.1 Å². The monoisotopic (exact) mass is 240 g/mol. The van der Waals surface area contributed by atoms with E-state index in [1.165, 1.54) is 0 Å². The average Bonchev–Trinajstić information content (AvgIpc) is 2.33. The third kappa shape index (κ3) is 2.86. The average molecular weight is 241 g/mol. The molecule has 2 rings (SSSR count). The summed E-state index contributed by atoms with van der Waals surface area (Å²) in [6.07, 6.45) is 8.41. The van der Waals surface area contributed by atoms with Crippen LogP contribution in [0.3, 0.4) is 0 Å². The second kappa shape index (κ2) is 5.51. The number of ether oxygens (including phenoxy) is 1. The zero-order valence-electron chi connectivity index (χ0n) is 9.45. The highest BCUT2D eigenvalue weighted by Gasteiger charge is 2.20. The van der Waals surface area contributed by atoms with Gasteiger partial charge < -0.3 is 10.1 Å². The van der Waals surface area contributed by atoms with Gasteiger partial charge in [0.25, 0.3) is 0 Å². The first-order chi connectivity index (χ1) is 7.79. The van der Waals surface area contributed by atoms with Crippen LogP contribution in [0.15, 0.2) is 18.5 Å². The van der Waals surface area contributed by atoms with E-state index in [-0.39, 0.29) is 0 Å². The lowest BCUT2D eigenvalue weighted by atomic mass is 9.93. The minimum absolute atomic E-state index is 0.433. The Bertz CT molecular complexity index is 338. The Kier molecular flexibility index (Phi) is 4.02. The van der Waals surface area contributed by atoms with Crippen LogP contribution >= 0.6 is 11.6 Å². The molecule has 1 aliphatic carbocycles. The molecule has 88 valence electrons. The van der Waals surface area contributed by atoms with Crippen LogP contribution in [-0.2, 0) is 4.74 Å². The van der Waals surface area contributed by atoms with Gasteiger partial charge in [0.05, 0.1) is 23.0 Å². The molecule has 1 heterocycles. The Hall–Kier alpha value is -0.800. The maximum Gasteiger partial charge on any atom is 0.0718 e. The van der Waals surface area contributed by atoms with Crippen LogP contribution in [0.5, 0.6) is 0 Å². The van der Waals surface area contributed by atoms with E-state index in [0.717, 1.165) is 36.4 Å². The molecular formula is C12H17ClN2O. The number of hydrogen-bond donors (Lipinski definition) is 1. The molecule has 0 saturated heterocycles. The van der Waals surface area contributed by atoms with Gasteiger partial charge in [-0.15, -0.1) is 0 Å². The molecule has 1 aliphatic rings. The van der Waals surface area contributed by atoms with Gasteiger partial charge in [-0.25, -0.2) is 0 Å². The highest BCUT2D eigenvalue weighted by atomic mass is 35.5. The van der Waals surface area contributed by atoms with Crippen LogP contribution < -0.4 is 5.32 Å². The summed E-state index contributed by atoms with van der Waals surface area (Å²) < 4.78 is 5.35. The summed E-state index contributed by atoms with van der Waals surface area (Å²) in [7, 11) is 1.79. The molecule has 1 aromatic heterocycles. The van der Waals surface area contributed by atoms with Crippen LogP contribution in [0.4, 0.5) is 5.69 Å². The van der Waals surface area contributed by atoms with Gasteiger partial charge in [-0.2, -0.15) is 0 Å². The quantitative estimate of drug-likeness (QED) is 0.882. The van der Waals surface area contributed by atoms with Gasteiger partial charge in [0, 0.05) is 19.3 Å². The number of anilines is 1. The van der Waals surface area contributed by atoms with Crippen LogP contribution in [0.2, 0.25) is 5.02 Å². The summed E-state index contributed by atoms with van der Waals surface area (Å²) in [5.74, 6) is 0. The fraction of sp³-hybridized carbons (Fsp3) is 0.583. The number of nitrogens with one attached hydrogen (secondary N) is 1. The summed E-state index contributed by atoms with van der Waals surface area (Å²) in [6, 6.07) is 2.30. The van der Waals surface area contributed by atoms with Crippen molar-refractivity contribution in [3.63, 3.8) is 0 Å². The largest absolute Gasteiger partial charge is 0.381 e. The van der Waals surface area contributed by atoms with Crippen molar-refractivity contribution in [2.75, 3.05) is 12.4 Å². The third-order valence-corrected chi connectivity index (χ3v) is 3.46. The summed E-state index contributed by atoms with van der Waals surface area (Å²) in [4.78, 5) is 4.07. The predicted octanol–water partition coefficient (Wildman–Crippen LogP) is 3.10. The Morgan fingerprint density at radius 1 is 1.38 bits per heavy atom. The fourth-order valence-corrected chi connectivity index (χ4v) is 2.31. The molecule has 0 bridgehead atoms. The summed E-state index contributed by atoms with van der Waals surface area (Å²) in [5, 5.41) is 4.18. The van der Waals surface area contributed by atoms with E-state index >= 15 is 0 Å². The van der Waals surface area contributed by atoms with Gasteiger partial charge in [0.15, 0.2) is 0 Å². The molecule has 0 aliphatic heterocycles. The normalized spacial score (nSPS) is 25.4. The molecule has 16 heavy (non-hydrogen) atoms. The summed E-state index contributed by atoms with van der Waals surface area (Å²) in [5.41, 5.74) is 0.935. The van der Waals surface area contributed by atoms with Crippen molar-refractivity contribution in [3.8, 4) is 0 Å². The zero-order chi connectivity index (χ0) is 11.4. The van der Waals surface area contributed by atoms with Crippen molar-refractivity contribution >= 4 is 17.3 Å². The first-order valence-corrected chi connectivity index (χ1v) is 6.06. The molecule has 1 fully saturated rings. The van der Waals surface area contributed by atoms with Crippen molar-refractivity contribution in [3.05, 3.63) is 23.5 Å². The van der Waals surface area contributed by atoms with Crippen LogP contribution in [0.1, 0.15) is 25.7 Å². The number of aromatic nitrogens is 1. The van der Waals surface area contributed by atoms with E-state index in [9.17, 15) is 0 Å². The lowest BCUT2D eigenvalue weighted by Crippen LogP contribution is -2.29. The molecule has 4 heteroatoms. The number of methoxy groups -OCH3 is 1. The van der Waals surface area contributed by atoms with Crippen molar-refractivity contribution in [2.24, 2.45) is 0 Å². The lowest BCUT2D eigenvalue weighted by molar-refractivity contribution is 0.0682. The van der Waals surface area contributed by atoms with Crippen molar-refractivity contribution in [1.82, 2.24) is 4.98 Å². The Balaban J connectivity index is 1.89. The summed E-state index contributed by atoms with van der Waals surface area (Å²) >= 11 is 6.07. The maximum absolute atomic E-state index is 6.07. The van der Waals surface area contributed by atoms with E-state index < -0.39 is 0 Å². The first-order valence-electron chi connectivity index (χ1n) is 5.68. The number of halogens is 1. The van der Waals surface area contributed by atoms with Crippen molar-refractivity contribution < 1.29 is 4.74 Å².